The molecule has 1 heterocycles. The van der Waals surface area contributed by atoms with Crippen LogP contribution >= 0.6 is 0 Å². The lowest BCUT2D eigenvalue weighted by atomic mass is 10.1. The standard InChI is InChI=1S/C19H24F3N5O2S/c1-13-11-14(6-7-16(13)30(3,28)29)12-27-18(23-2)26-10-9-25-17-15(19(20,21)22)5-4-8-24-17/h4-8,11H,9-10,12H2,1-3H3,(H,24,25)(H2,23,26,27). The lowest BCUT2D eigenvalue weighted by molar-refractivity contribution is -0.137. The van der Waals surface area contributed by atoms with Gasteiger partial charge in [-0.25, -0.2) is 13.4 Å². The minimum atomic E-state index is -4.48. The van der Waals surface area contributed by atoms with Crippen molar-refractivity contribution in [2.75, 3.05) is 31.7 Å². The van der Waals surface area contributed by atoms with Crippen molar-refractivity contribution in [3.05, 3.63) is 53.2 Å². The Morgan fingerprint density at radius 2 is 1.90 bits per heavy atom. The Labute approximate surface area is 173 Å². The number of hydrogen-bond donors (Lipinski definition) is 3. The van der Waals surface area contributed by atoms with Crippen molar-refractivity contribution in [1.29, 1.82) is 0 Å². The normalized spacial score (nSPS) is 12.5. The molecule has 0 radical (unpaired) electrons. The van der Waals surface area contributed by atoms with Gasteiger partial charge in [0.2, 0.25) is 0 Å². The van der Waals surface area contributed by atoms with Crippen LogP contribution in [0.15, 0.2) is 46.4 Å². The summed E-state index contributed by atoms with van der Waals surface area (Å²) in [6.07, 6.45) is -2.02. The van der Waals surface area contributed by atoms with E-state index in [9.17, 15) is 21.6 Å². The van der Waals surface area contributed by atoms with Crippen molar-refractivity contribution in [3.63, 3.8) is 0 Å². The van der Waals surface area contributed by atoms with E-state index in [4.69, 9.17) is 0 Å². The van der Waals surface area contributed by atoms with E-state index in [1.54, 1.807) is 32.2 Å². The molecule has 1 aromatic heterocycles. The van der Waals surface area contributed by atoms with Crippen LogP contribution in [0.5, 0.6) is 0 Å². The number of aryl methyl sites for hydroxylation is 1. The van der Waals surface area contributed by atoms with Crippen molar-refractivity contribution < 1.29 is 21.6 Å². The van der Waals surface area contributed by atoms with Crippen LogP contribution < -0.4 is 16.0 Å². The number of halogens is 3. The van der Waals surface area contributed by atoms with Crippen LogP contribution in [0, 0.1) is 6.92 Å². The second kappa shape index (κ2) is 9.79. The van der Waals surface area contributed by atoms with Crippen LogP contribution in [-0.4, -0.2) is 45.8 Å². The first-order chi connectivity index (χ1) is 14.0. The first kappa shape index (κ1) is 23.5. The number of nitrogens with one attached hydrogen (secondary N) is 3. The number of alkyl halides is 3. The topological polar surface area (TPSA) is 95.5 Å². The van der Waals surface area contributed by atoms with Gasteiger partial charge >= 0.3 is 6.18 Å². The maximum atomic E-state index is 13.0. The predicted octanol–water partition coefficient (Wildman–Crippen LogP) is 2.59. The summed E-state index contributed by atoms with van der Waals surface area (Å²) >= 11 is 0. The number of rotatable bonds is 7. The highest BCUT2D eigenvalue weighted by molar-refractivity contribution is 7.90. The molecule has 0 unspecified atom stereocenters. The Bertz CT molecular complexity index is 1010. The average Bonchev–Trinajstić information content (AvgIpc) is 2.66. The fourth-order valence-electron chi connectivity index (χ4n) is 2.78. The Hall–Kier alpha value is -2.82. The molecule has 0 fully saturated rings. The highest BCUT2D eigenvalue weighted by atomic mass is 32.2. The number of anilines is 1. The summed E-state index contributed by atoms with van der Waals surface area (Å²) in [4.78, 5) is 8.09. The van der Waals surface area contributed by atoms with Gasteiger partial charge in [-0.1, -0.05) is 12.1 Å². The zero-order chi connectivity index (χ0) is 22.4. The van der Waals surface area contributed by atoms with E-state index < -0.39 is 21.6 Å². The van der Waals surface area contributed by atoms with E-state index in [0.29, 0.717) is 24.6 Å². The van der Waals surface area contributed by atoms with Gasteiger partial charge in [0, 0.05) is 39.1 Å². The largest absolute Gasteiger partial charge is 0.419 e. The van der Waals surface area contributed by atoms with E-state index in [0.717, 1.165) is 17.9 Å². The fourth-order valence-corrected chi connectivity index (χ4v) is 3.74. The summed E-state index contributed by atoms with van der Waals surface area (Å²) < 4.78 is 62.3. The van der Waals surface area contributed by atoms with Crippen LogP contribution in [0.2, 0.25) is 0 Å². The number of nitrogens with zero attached hydrogens (tertiary/aromatic N) is 2. The lowest BCUT2D eigenvalue weighted by Crippen LogP contribution is -2.39. The number of guanidine groups is 1. The quantitative estimate of drug-likeness (QED) is 0.346. The van der Waals surface area contributed by atoms with Gasteiger partial charge in [-0.05, 0) is 36.2 Å². The number of pyridine rings is 1. The molecule has 0 aliphatic rings. The van der Waals surface area contributed by atoms with Gasteiger partial charge in [-0.2, -0.15) is 13.2 Å². The van der Waals surface area contributed by atoms with Gasteiger partial charge in [0.25, 0.3) is 0 Å². The fraction of sp³-hybridized carbons (Fsp3) is 0.368. The van der Waals surface area contributed by atoms with Crippen LogP contribution in [0.4, 0.5) is 19.0 Å². The molecule has 0 saturated carbocycles. The van der Waals surface area contributed by atoms with Gasteiger partial charge in [0.15, 0.2) is 15.8 Å². The van der Waals surface area contributed by atoms with E-state index in [-0.39, 0.29) is 17.3 Å². The molecule has 30 heavy (non-hydrogen) atoms. The molecule has 0 aliphatic heterocycles. The van der Waals surface area contributed by atoms with Gasteiger partial charge in [0.05, 0.1) is 10.5 Å². The third kappa shape index (κ3) is 6.61. The first-order valence-electron chi connectivity index (χ1n) is 9.02. The molecule has 7 nitrogen and oxygen atoms in total. The van der Waals surface area contributed by atoms with Crippen LogP contribution in [-0.2, 0) is 22.6 Å². The monoisotopic (exact) mass is 443 g/mol. The number of sulfone groups is 1. The Morgan fingerprint density at radius 3 is 2.50 bits per heavy atom. The second-order valence-electron chi connectivity index (χ2n) is 6.55. The Kier molecular flexibility index (Phi) is 7.65. The molecule has 0 bridgehead atoms. The summed E-state index contributed by atoms with van der Waals surface area (Å²) in [6, 6.07) is 7.26. The molecule has 3 N–H and O–H groups in total. The average molecular weight is 443 g/mol. The molecule has 164 valence electrons. The highest BCUT2D eigenvalue weighted by Crippen LogP contribution is 2.33. The number of aromatic nitrogens is 1. The molecule has 0 saturated heterocycles. The van der Waals surface area contributed by atoms with Crippen molar-refractivity contribution in [2.24, 2.45) is 4.99 Å². The lowest BCUT2D eigenvalue weighted by Gasteiger charge is -2.15. The van der Waals surface area contributed by atoms with Crippen LogP contribution in [0.1, 0.15) is 16.7 Å². The summed E-state index contributed by atoms with van der Waals surface area (Å²) in [5, 5.41) is 8.73. The maximum absolute atomic E-state index is 13.0. The maximum Gasteiger partial charge on any atom is 0.419 e. The molecule has 11 heteroatoms. The van der Waals surface area contributed by atoms with E-state index in [1.807, 2.05) is 0 Å². The third-order valence-corrected chi connectivity index (χ3v) is 5.40. The van der Waals surface area contributed by atoms with Gasteiger partial charge in [-0.15, -0.1) is 0 Å². The summed E-state index contributed by atoms with van der Waals surface area (Å²) in [5.74, 6) is 0.231. The van der Waals surface area contributed by atoms with Crippen molar-refractivity contribution >= 4 is 21.6 Å². The summed E-state index contributed by atoms with van der Waals surface area (Å²) in [7, 11) is -1.70. The molecule has 0 amide bonds. The number of aliphatic imine (C=N–C) groups is 1. The van der Waals surface area contributed by atoms with Crippen molar-refractivity contribution in [3.8, 4) is 0 Å². The zero-order valence-electron chi connectivity index (χ0n) is 16.8. The molecule has 1 aromatic carbocycles. The van der Waals surface area contributed by atoms with E-state index in [2.05, 4.69) is 25.9 Å². The van der Waals surface area contributed by atoms with Gasteiger partial charge in [-0.3, -0.25) is 4.99 Å². The molecule has 0 atom stereocenters. The van der Waals surface area contributed by atoms with E-state index >= 15 is 0 Å². The molecule has 0 aliphatic carbocycles. The molecule has 2 rings (SSSR count). The highest BCUT2D eigenvalue weighted by Gasteiger charge is 2.33. The minimum Gasteiger partial charge on any atom is -0.368 e. The minimum absolute atomic E-state index is 0.197. The van der Waals surface area contributed by atoms with Crippen molar-refractivity contribution in [2.45, 2.75) is 24.5 Å². The molecular weight excluding hydrogens is 419 g/mol. The van der Waals surface area contributed by atoms with Crippen LogP contribution in [0.3, 0.4) is 0 Å². The predicted molar refractivity (Wildman–Crippen MR) is 110 cm³/mol. The summed E-state index contributed by atoms with van der Waals surface area (Å²) in [6.45, 7) is 2.63. The molecule has 2 aromatic rings. The Balaban J connectivity index is 1.86. The van der Waals surface area contributed by atoms with Crippen molar-refractivity contribution in [1.82, 2.24) is 15.6 Å². The third-order valence-electron chi connectivity index (χ3n) is 4.15. The van der Waals surface area contributed by atoms with Gasteiger partial charge in [0.1, 0.15) is 5.82 Å². The zero-order valence-corrected chi connectivity index (χ0v) is 17.7. The Morgan fingerprint density at radius 1 is 1.17 bits per heavy atom. The second-order valence-corrected chi connectivity index (χ2v) is 8.53. The number of benzene rings is 1. The van der Waals surface area contributed by atoms with Gasteiger partial charge < -0.3 is 16.0 Å². The summed E-state index contributed by atoms with van der Waals surface area (Å²) in [5.41, 5.74) is 0.699. The van der Waals surface area contributed by atoms with E-state index in [1.165, 1.54) is 12.3 Å². The van der Waals surface area contributed by atoms with Crippen LogP contribution in [0.25, 0.3) is 0 Å². The first-order valence-corrected chi connectivity index (χ1v) is 10.9. The number of hydrogen-bond acceptors (Lipinski definition) is 5. The molecular formula is C19H24F3N5O2S. The molecule has 0 spiro atoms. The smallest absolute Gasteiger partial charge is 0.368 e. The SMILES string of the molecule is CN=C(NCCNc1ncccc1C(F)(F)F)NCc1ccc(S(C)(=O)=O)c(C)c1.